The molecule has 84 valence electrons. The highest BCUT2D eigenvalue weighted by atomic mass is 19.1. The molecule has 1 aliphatic rings. The van der Waals surface area contributed by atoms with Gasteiger partial charge < -0.3 is 5.32 Å². The number of nitrogens with one attached hydrogen (secondary N) is 1. The maximum absolute atomic E-state index is 12.9. The predicted molar refractivity (Wildman–Crippen MR) is 54.3 cm³/mol. The molecule has 0 aromatic carbocycles. The molecular formula is C11H11FN2O2. The molecule has 0 saturated carbocycles. The van der Waals surface area contributed by atoms with Crippen LogP contribution in [0.15, 0.2) is 18.5 Å². The third kappa shape index (κ3) is 2.08. The molecule has 1 saturated heterocycles. The minimum Gasteiger partial charge on any atom is -0.355 e. The number of carbonyl (C=O) groups excluding carboxylic acids is 2. The third-order valence-corrected chi connectivity index (χ3v) is 2.59. The van der Waals surface area contributed by atoms with Gasteiger partial charge in [0.1, 0.15) is 11.7 Å². The van der Waals surface area contributed by atoms with E-state index in [0.29, 0.717) is 13.0 Å². The molecule has 1 fully saturated rings. The quantitative estimate of drug-likeness (QED) is 0.598. The summed E-state index contributed by atoms with van der Waals surface area (Å²) in [6.07, 6.45) is 3.59. The van der Waals surface area contributed by atoms with Crippen molar-refractivity contribution in [2.45, 2.75) is 12.8 Å². The molecule has 1 unspecified atom stereocenters. The van der Waals surface area contributed by atoms with Gasteiger partial charge in [-0.2, -0.15) is 0 Å². The average molecular weight is 222 g/mol. The molecule has 0 bridgehead atoms. The van der Waals surface area contributed by atoms with E-state index in [4.69, 9.17) is 0 Å². The number of nitrogens with zero attached hydrogens (tertiary/aromatic N) is 1. The lowest BCUT2D eigenvalue weighted by molar-refractivity contribution is -0.124. The van der Waals surface area contributed by atoms with E-state index in [9.17, 15) is 14.0 Å². The number of halogens is 1. The molecule has 0 radical (unpaired) electrons. The monoisotopic (exact) mass is 222 g/mol. The lowest BCUT2D eigenvalue weighted by Crippen LogP contribution is -2.40. The van der Waals surface area contributed by atoms with Crippen LogP contribution in [0.5, 0.6) is 0 Å². The molecule has 1 aromatic rings. The molecule has 0 spiro atoms. The van der Waals surface area contributed by atoms with Crippen molar-refractivity contribution in [2.75, 3.05) is 6.54 Å². The van der Waals surface area contributed by atoms with E-state index in [1.54, 1.807) is 0 Å². The number of carbonyl (C=O) groups is 2. The molecule has 2 heterocycles. The molecule has 2 rings (SSSR count). The van der Waals surface area contributed by atoms with E-state index >= 15 is 0 Å². The van der Waals surface area contributed by atoms with Crippen molar-refractivity contribution in [1.82, 2.24) is 10.3 Å². The van der Waals surface area contributed by atoms with Crippen LogP contribution in [-0.4, -0.2) is 23.2 Å². The zero-order valence-corrected chi connectivity index (χ0v) is 8.57. The first-order valence-electron chi connectivity index (χ1n) is 5.11. The van der Waals surface area contributed by atoms with Gasteiger partial charge in [0.2, 0.25) is 5.91 Å². The van der Waals surface area contributed by atoms with Gasteiger partial charge in [-0.3, -0.25) is 14.6 Å². The molecule has 16 heavy (non-hydrogen) atoms. The summed E-state index contributed by atoms with van der Waals surface area (Å²) in [5, 5.41) is 2.62. The second-order valence-corrected chi connectivity index (χ2v) is 3.74. The second kappa shape index (κ2) is 4.38. The van der Waals surface area contributed by atoms with Gasteiger partial charge in [-0.15, -0.1) is 0 Å². The van der Waals surface area contributed by atoms with Gasteiger partial charge in [0, 0.05) is 18.3 Å². The summed E-state index contributed by atoms with van der Waals surface area (Å²) in [7, 11) is 0. The highest BCUT2D eigenvalue weighted by Crippen LogP contribution is 2.17. The van der Waals surface area contributed by atoms with Crippen LogP contribution >= 0.6 is 0 Å². The number of amides is 1. The Balaban J connectivity index is 2.21. The van der Waals surface area contributed by atoms with E-state index in [1.807, 2.05) is 0 Å². The summed E-state index contributed by atoms with van der Waals surface area (Å²) in [6, 6.07) is 1.11. The zero-order valence-electron chi connectivity index (χ0n) is 8.57. The zero-order chi connectivity index (χ0) is 11.5. The van der Waals surface area contributed by atoms with Gasteiger partial charge in [-0.25, -0.2) is 4.39 Å². The molecule has 1 atom stereocenters. The van der Waals surface area contributed by atoms with E-state index in [2.05, 4.69) is 10.3 Å². The number of hydrogen-bond acceptors (Lipinski definition) is 3. The number of Topliss-reactive ketones (excluding diaryl/α,β-unsaturated/α-hetero) is 1. The molecular weight excluding hydrogens is 211 g/mol. The number of pyridine rings is 1. The van der Waals surface area contributed by atoms with Crippen molar-refractivity contribution in [3.63, 3.8) is 0 Å². The minimum atomic E-state index is -0.697. The molecule has 1 aliphatic heterocycles. The van der Waals surface area contributed by atoms with Crippen LogP contribution in [0.3, 0.4) is 0 Å². The second-order valence-electron chi connectivity index (χ2n) is 3.74. The third-order valence-electron chi connectivity index (χ3n) is 2.59. The highest BCUT2D eigenvalue weighted by Gasteiger charge is 2.29. The van der Waals surface area contributed by atoms with Crippen molar-refractivity contribution < 1.29 is 14.0 Å². The molecule has 5 heteroatoms. The molecule has 4 nitrogen and oxygen atoms in total. The van der Waals surface area contributed by atoms with Crippen LogP contribution in [-0.2, 0) is 4.79 Å². The summed E-state index contributed by atoms with van der Waals surface area (Å²) in [4.78, 5) is 26.9. The van der Waals surface area contributed by atoms with Crippen LogP contribution in [0, 0.1) is 11.7 Å². The number of ketones is 1. The Hall–Kier alpha value is -1.78. The summed E-state index contributed by atoms with van der Waals surface area (Å²) in [5.74, 6) is -1.90. The average Bonchev–Trinajstić information content (AvgIpc) is 2.29. The van der Waals surface area contributed by atoms with E-state index in [0.717, 1.165) is 18.7 Å². The van der Waals surface area contributed by atoms with Crippen molar-refractivity contribution in [1.29, 1.82) is 0 Å². The fourth-order valence-corrected chi connectivity index (χ4v) is 1.77. The summed E-state index contributed by atoms with van der Waals surface area (Å²) in [6.45, 7) is 0.601. The van der Waals surface area contributed by atoms with Crippen LogP contribution in [0.2, 0.25) is 0 Å². The molecule has 1 amide bonds. The number of rotatable bonds is 2. The summed E-state index contributed by atoms with van der Waals surface area (Å²) in [5.41, 5.74) is 0.155. The topological polar surface area (TPSA) is 59.1 Å². The molecule has 0 aliphatic carbocycles. The van der Waals surface area contributed by atoms with Crippen LogP contribution in [0.4, 0.5) is 4.39 Å². The lowest BCUT2D eigenvalue weighted by atomic mass is 9.91. The van der Waals surface area contributed by atoms with Gasteiger partial charge in [0.15, 0.2) is 5.78 Å². The number of aromatic nitrogens is 1. The van der Waals surface area contributed by atoms with Crippen molar-refractivity contribution >= 4 is 11.7 Å². The predicted octanol–water partition coefficient (Wildman–Crippen LogP) is 0.930. The van der Waals surface area contributed by atoms with Gasteiger partial charge >= 0.3 is 0 Å². The van der Waals surface area contributed by atoms with Gasteiger partial charge in [0.25, 0.3) is 0 Å². The van der Waals surface area contributed by atoms with Crippen molar-refractivity contribution in [3.8, 4) is 0 Å². The first-order chi connectivity index (χ1) is 7.68. The van der Waals surface area contributed by atoms with E-state index in [-0.39, 0.29) is 17.3 Å². The van der Waals surface area contributed by atoms with Gasteiger partial charge in [-0.05, 0) is 18.9 Å². The normalized spacial score (nSPS) is 20.3. The van der Waals surface area contributed by atoms with Gasteiger partial charge in [0.05, 0.1) is 6.20 Å². The Morgan fingerprint density at radius 1 is 1.50 bits per heavy atom. The lowest BCUT2D eigenvalue weighted by Gasteiger charge is -2.20. The maximum Gasteiger partial charge on any atom is 0.230 e. The van der Waals surface area contributed by atoms with Crippen LogP contribution < -0.4 is 5.32 Å². The van der Waals surface area contributed by atoms with Gasteiger partial charge in [-0.1, -0.05) is 0 Å². The summed E-state index contributed by atoms with van der Waals surface area (Å²) >= 11 is 0. The molecule has 1 aromatic heterocycles. The largest absolute Gasteiger partial charge is 0.355 e. The van der Waals surface area contributed by atoms with Crippen LogP contribution in [0.1, 0.15) is 23.2 Å². The standard InChI is InChI=1S/C11H11FN2O2/c12-8-4-7(5-13-6-8)10(15)9-2-1-3-14-11(9)16/h4-6,9H,1-3H2,(H,14,16). The fraction of sp³-hybridized carbons (Fsp3) is 0.364. The van der Waals surface area contributed by atoms with Crippen LogP contribution in [0.25, 0.3) is 0 Å². The Morgan fingerprint density at radius 3 is 3.00 bits per heavy atom. The first kappa shape index (κ1) is 10.7. The van der Waals surface area contributed by atoms with Crippen molar-refractivity contribution in [3.05, 3.63) is 29.8 Å². The Kier molecular flexibility index (Phi) is 2.94. The number of piperidine rings is 1. The van der Waals surface area contributed by atoms with Crippen molar-refractivity contribution in [2.24, 2.45) is 5.92 Å². The van der Waals surface area contributed by atoms with E-state index in [1.165, 1.54) is 6.20 Å². The number of hydrogen-bond donors (Lipinski definition) is 1. The Morgan fingerprint density at radius 2 is 2.31 bits per heavy atom. The maximum atomic E-state index is 12.9. The highest BCUT2D eigenvalue weighted by molar-refractivity contribution is 6.10. The fourth-order valence-electron chi connectivity index (χ4n) is 1.77. The molecule has 1 N–H and O–H groups in total. The minimum absolute atomic E-state index is 0.155. The Labute approximate surface area is 91.9 Å². The smallest absolute Gasteiger partial charge is 0.230 e. The first-order valence-corrected chi connectivity index (χ1v) is 5.11. The Bertz CT molecular complexity index is 434. The van der Waals surface area contributed by atoms with E-state index < -0.39 is 11.7 Å². The summed E-state index contributed by atoms with van der Waals surface area (Å²) < 4.78 is 12.9. The SMILES string of the molecule is O=C1NCCCC1C(=O)c1cncc(F)c1.